The minimum atomic E-state index is 0.214. The molecule has 0 aromatic heterocycles. The van der Waals surface area contributed by atoms with Crippen LogP contribution in [0.25, 0.3) is 0 Å². The predicted octanol–water partition coefficient (Wildman–Crippen LogP) is 2.88. The maximum Gasteiger partial charge on any atom is 0.0406 e. The third-order valence-corrected chi connectivity index (χ3v) is 4.56. The quantitative estimate of drug-likeness (QED) is 0.879. The highest BCUT2D eigenvalue weighted by Crippen LogP contribution is 2.30. The predicted molar refractivity (Wildman–Crippen MR) is 75.5 cm³/mol. The largest absolute Gasteiger partial charge is 0.308 e. The van der Waals surface area contributed by atoms with E-state index in [0.717, 1.165) is 13.1 Å². The van der Waals surface area contributed by atoms with Gasteiger partial charge in [0.05, 0.1) is 0 Å². The van der Waals surface area contributed by atoms with Crippen molar-refractivity contribution in [1.82, 2.24) is 10.2 Å². The zero-order valence-corrected chi connectivity index (χ0v) is 11.4. The molecule has 0 aliphatic carbocycles. The summed E-state index contributed by atoms with van der Waals surface area (Å²) in [6, 6.07) is 9.28. The van der Waals surface area contributed by atoms with Crippen LogP contribution >= 0.6 is 0 Å². The van der Waals surface area contributed by atoms with Gasteiger partial charge in [-0.15, -0.1) is 0 Å². The van der Waals surface area contributed by atoms with E-state index < -0.39 is 0 Å². The minimum Gasteiger partial charge on any atom is -0.308 e. The highest BCUT2D eigenvalue weighted by molar-refractivity contribution is 5.29. The van der Waals surface area contributed by atoms with Gasteiger partial charge in [-0.25, -0.2) is 0 Å². The van der Waals surface area contributed by atoms with Crippen molar-refractivity contribution in [2.24, 2.45) is 0 Å². The Balaban J connectivity index is 1.68. The molecule has 0 amide bonds. The molecular weight excluding hydrogens is 220 g/mol. The second kappa shape index (κ2) is 5.02. The number of nitrogens with one attached hydrogen (secondary N) is 1. The van der Waals surface area contributed by atoms with Gasteiger partial charge in [-0.2, -0.15) is 0 Å². The van der Waals surface area contributed by atoms with Gasteiger partial charge in [-0.3, -0.25) is 4.90 Å². The molecular formula is C16H24N2. The maximum absolute atomic E-state index is 3.63. The van der Waals surface area contributed by atoms with Crippen LogP contribution in [0.2, 0.25) is 0 Å². The van der Waals surface area contributed by atoms with Crippen molar-refractivity contribution in [3.8, 4) is 0 Å². The van der Waals surface area contributed by atoms with E-state index in [2.05, 4.69) is 41.4 Å². The Morgan fingerprint density at radius 2 is 1.83 bits per heavy atom. The molecule has 2 nitrogen and oxygen atoms in total. The van der Waals surface area contributed by atoms with Crippen molar-refractivity contribution in [2.75, 3.05) is 19.6 Å². The molecule has 2 fully saturated rings. The van der Waals surface area contributed by atoms with Crippen LogP contribution in [0.5, 0.6) is 0 Å². The molecule has 2 aliphatic rings. The smallest absolute Gasteiger partial charge is 0.0406 e. The van der Waals surface area contributed by atoms with E-state index in [1.165, 1.54) is 49.9 Å². The van der Waals surface area contributed by atoms with Gasteiger partial charge in [0.15, 0.2) is 0 Å². The SMILES string of the molecule is CC1(c2ccc(CN3CCCC3)cc2)CCCN1. The van der Waals surface area contributed by atoms with Crippen molar-refractivity contribution in [2.45, 2.75) is 44.7 Å². The Morgan fingerprint density at radius 3 is 2.44 bits per heavy atom. The highest BCUT2D eigenvalue weighted by Gasteiger charge is 2.29. The Morgan fingerprint density at radius 1 is 1.11 bits per heavy atom. The summed E-state index contributed by atoms with van der Waals surface area (Å²) in [5, 5.41) is 3.63. The summed E-state index contributed by atoms with van der Waals surface area (Å²) in [6.45, 7) is 7.17. The molecule has 0 bridgehead atoms. The van der Waals surface area contributed by atoms with Crippen LogP contribution in [0.1, 0.15) is 43.7 Å². The van der Waals surface area contributed by atoms with E-state index in [1.807, 2.05) is 0 Å². The topological polar surface area (TPSA) is 15.3 Å². The molecule has 2 aliphatic heterocycles. The van der Waals surface area contributed by atoms with Crippen LogP contribution in [-0.2, 0) is 12.1 Å². The molecule has 2 heteroatoms. The fourth-order valence-electron chi connectivity index (χ4n) is 3.32. The Hall–Kier alpha value is -0.860. The van der Waals surface area contributed by atoms with Gasteiger partial charge < -0.3 is 5.32 Å². The molecule has 1 aromatic rings. The lowest BCUT2D eigenvalue weighted by Gasteiger charge is -2.25. The number of likely N-dealkylation sites (tertiary alicyclic amines) is 1. The Kier molecular flexibility index (Phi) is 3.40. The van der Waals surface area contributed by atoms with Crippen molar-refractivity contribution >= 4 is 0 Å². The summed E-state index contributed by atoms with van der Waals surface area (Å²) in [5.41, 5.74) is 3.12. The van der Waals surface area contributed by atoms with E-state index in [4.69, 9.17) is 0 Å². The van der Waals surface area contributed by atoms with E-state index in [9.17, 15) is 0 Å². The highest BCUT2D eigenvalue weighted by atomic mass is 15.1. The van der Waals surface area contributed by atoms with Crippen LogP contribution < -0.4 is 5.32 Å². The zero-order chi connectivity index (χ0) is 12.4. The van der Waals surface area contributed by atoms with E-state index >= 15 is 0 Å². The summed E-state index contributed by atoms with van der Waals surface area (Å²) in [5.74, 6) is 0. The molecule has 2 saturated heterocycles. The van der Waals surface area contributed by atoms with E-state index in [-0.39, 0.29) is 5.54 Å². The molecule has 3 rings (SSSR count). The summed E-state index contributed by atoms with van der Waals surface area (Å²) in [4.78, 5) is 2.56. The van der Waals surface area contributed by atoms with Crippen LogP contribution in [0, 0.1) is 0 Å². The first-order valence-corrected chi connectivity index (χ1v) is 7.33. The summed E-state index contributed by atoms with van der Waals surface area (Å²) < 4.78 is 0. The zero-order valence-electron chi connectivity index (χ0n) is 11.4. The summed E-state index contributed by atoms with van der Waals surface area (Å²) in [7, 11) is 0. The van der Waals surface area contributed by atoms with Gasteiger partial charge in [0.1, 0.15) is 0 Å². The van der Waals surface area contributed by atoms with Gasteiger partial charge in [0, 0.05) is 12.1 Å². The molecule has 18 heavy (non-hydrogen) atoms. The minimum absolute atomic E-state index is 0.214. The number of nitrogens with zero attached hydrogens (tertiary/aromatic N) is 1. The molecule has 0 spiro atoms. The molecule has 1 unspecified atom stereocenters. The van der Waals surface area contributed by atoms with Gasteiger partial charge in [0.2, 0.25) is 0 Å². The van der Waals surface area contributed by atoms with Crippen LogP contribution in [0.3, 0.4) is 0 Å². The Bertz CT molecular complexity index is 384. The van der Waals surface area contributed by atoms with E-state index in [0.29, 0.717) is 0 Å². The second-order valence-corrected chi connectivity index (χ2v) is 6.04. The van der Waals surface area contributed by atoms with Crippen LogP contribution in [0.4, 0.5) is 0 Å². The average molecular weight is 244 g/mol. The fourth-order valence-corrected chi connectivity index (χ4v) is 3.32. The third-order valence-electron chi connectivity index (χ3n) is 4.56. The summed E-state index contributed by atoms with van der Waals surface area (Å²) >= 11 is 0. The lowest BCUT2D eigenvalue weighted by Crippen LogP contribution is -2.33. The molecule has 1 N–H and O–H groups in total. The molecule has 1 atom stereocenters. The maximum atomic E-state index is 3.63. The Labute approximate surface area is 110 Å². The van der Waals surface area contributed by atoms with Crippen LogP contribution in [-0.4, -0.2) is 24.5 Å². The second-order valence-electron chi connectivity index (χ2n) is 6.04. The fraction of sp³-hybridized carbons (Fsp3) is 0.625. The van der Waals surface area contributed by atoms with Crippen molar-refractivity contribution in [1.29, 1.82) is 0 Å². The van der Waals surface area contributed by atoms with Gasteiger partial charge in [0.25, 0.3) is 0 Å². The number of benzene rings is 1. The first-order chi connectivity index (χ1) is 8.76. The van der Waals surface area contributed by atoms with Gasteiger partial charge in [-0.05, 0) is 63.4 Å². The molecule has 98 valence electrons. The lowest BCUT2D eigenvalue weighted by atomic mass is 9.90. The standard InChI is InChI=1S/C16H24N2/c1-16(9-4-10-17-16)15-7-5-14(6-8-15)13-18-11-2-3-12-18/h5-8,17H,2-4,9-13H2,1H3. The lowest BCUT2D eigenvalue weighted by molar-refractivity contribution is 0.331. The van der Waals surface area contributed by atoms with Crippen molar-refractivity contribution in [3.63, 3.8) is 0 Å². The molecule has 1 aromatic carbocycles. The molecule has 2 heterocycles. The van der Waals surface area contributed by atoms with Crippen LogP contribution in [0.15, 0.2) is 24.3 Å². The number of hydrogen-bond acceptors (Lipinski definition) is 2. The first-order valence-electron chi connectivity index (χ1n) is 7.33. The molecule has 0 radical (unpaired) electrons. The monoisotopic (exact) mass is 244 g/mol. The van der Waals surface area contributed by atoms with Crippen molar-refractivity contribution in [3.05, 3.63) is 35.4 Å². The number of rotatable bonds is 3. The average Bonchev–Trinajstić information content (AvgIpc) is 3.03. The van der Waals surface area contributed by atoms with Gasteiger partial charge in [-0.1, -0.05) is 24.3 Å². The number of hydrogen-bond donors (Lipinski definition) is 1. The molecule has 0 saturated carbocycles. The van der Waals surface area contributed by atoms with E-state index in [1.54, 1.807) is 0 Å². The van der Waals surface area contributed by atoms with Crippen molar-refractivity contribution < 1.29 is 0 Å². The normalized spacial score (nSPS) is 28.9. The van der Waals surface area contributed by atoms with Gasteiger partial charge >= 0.3 is 0 Å². The summed E-state index contributed by atoms with van der Waals surface area (Å²) in [6.07, 6.45) is 5.31. The third kappa shape index (κ3) is 2.45. The first kappa shape index (κ1) is 12.2.